The summed E-state index contributed by atoms with van der Waals surface area (Å²) in [6, 6.07) is 7.45. The topological polar surface area (TPSA) is 35.7 Å². The van der Waals surface area contributed by atoms with Crippen molar-refractivity contribution in [2.45, 2.75) is 19.0 Å². The lowest BCUT2D eigenvalue weighted by Crippen LogP contribution is -2.54. The Morgan fingerprint density at radius 1 is 1.20 bits per heavy atom. The summed E-state index contributed by atoms with van der Waals surface area (Å²) in [5, 5.41) is 0. The van der Waals surface area contributed by atoms with Crippen LogP contribution in [0.4, 0.5) is 5.69 Å². The Hall–Kier alpha value is -1.10. The predicted molar refractivity (Wildman–Crippen MR) is 84.2 cm³/mol. The molecule has 2 N–H and O–H groups in total. The molecular formula is C16H26N4. The maximum Gasteiger partial charge on any atom is 0.0397 e. The smallest absolute Gasteiger partial charge is 0.0397 e. The van der Waals surface area contributed by atoms with Crippen molar-refractivity contribution in [3.63, 3.8) is 0 Å². The summed E-state index contributed by atoms with van der Waals surface area (Å²) in [5.74, 6) is 0. The molecule has 3 rings (SSSR count). The third kappa shape index (κ3) is 2.68. The van der Waals surface area contributed by atoms with Crippen LogP contribution < -0.4 is 10.6 Å². The molecule has 2 aliphatic rings. The number of benzene rings is 1. The third-order valence-corrected chi connectivity index (χ3v) is 4.74. The highest BCUT2D eigenvalue weighted by Gasteiger charge is 2.24. The highest BCUT2D eigenvalue weighted by atomic mass is 15.3. The number of rotatable bonds is 3. The fourth-order valence-electron chi connectivity index (χ4n) is 3.43. The molecule has 20 heavy (non-hydrogen) atoms. The molecule has 110 valence electrons. The minimum Gasteiger partial charge on any atom is -0.374 e. The van der Waals surface area contributed by atoms with Crippen molar-refractivity contribution in [3.05, 3.63) is 29.3 Å². The Labute approximate surface area is 122 Å². The molecular weight excluding hydrogens is 248 g/mol. The van der Waals surface area contributed by atoms with E-state index in [0.717, 1.165) is 39.3 Å². The van der Waals surface area contributed by atoms with Gasteiger partial charge in [-0.2, -0.15) is 0 Å². The zero-order chi connectivity index (χ0) is 14.1. The molecule has 0 spiro atoms. The van der Waals surface area contributed by atoms with Gasteiger partial charge in [-0.15, -0.1) is 0 Å². The van der Waals surface area contributed by atoms with Gasteiger partial charge >= 0.3 is 0 Å². The summed E-state index contributed by atoms with van der Waals surface area (Å²) < 4.78 is 0. The summed E-state index contributed by atoms with van der Waals surface area (Å²) in [6.45, 7) is 6.28. The Bertz CT molecular complexity index is 474. The second-order valence-electron chi connectivity index (χ2n) is 6.26. The van der Waals surface area contributed by atoms with E-state index in [4.69, 9.17) is 5.73 Å². The first-order valence-corrected chi connectivity index (χ1v) is 7.63. The lowest BCUT2D eigenvalue weighted by molar-refractivity contribution is 0.0881. The first-order chi connectivity index (χ1) is 9.67. The van der Waals surface area contributed by atoms with Crippen LogP contribution in [0.25, 0.3) is 0 Å². The van der Waals surface area contributed by atoms with Gasteiger partial charge in [0.05, 0.1) is 0 Å². The lowest BCUT2D eigenvalue weighted by Gasteiger charge is -2.39. The minimum atomic E-state index is 0.490. The van der Waals surface area contributed by atoms with E-state index >= 15 is 0 Å². The van der Waals surface area contributed by atoms with Crippen molar-refractivity contribution in [1.29, 1.82) is 0 Å². The zero-order valence-corrected chi connectivity index (χ0v) is 12.7. The van der Waals surface area contributed by atoms with Crippen LogP contribution in [0.1, 0.15) is 11.1 Å². The molecule has 1 aromatic carbocycles. The number of nitrogens with two attached hydrogens (primary N) is 1. The fraction of sp³-hybridized carbons (Fsp3) is 0.625. The van der Waals surface area contributed by atoms with Crippen molar-refractivity contribution in [3.8, 4) is 0 Å². The van der Waals surface area contributed by atoms with E-state index in [1.165, 1.54) is 23.2 Å². The van der Waals surface area contributed by atoms with Crippen LogP contribution in [-0.4, -0.2) is 62.7 Å². The first-order valence-electron chi connectivity index (χ1n) is 7.63. The number of nitrogens with zero attached hydrogens (tertiary/aromatic N) is 3. The Balaban J connectivity index is 1.71. The molecule has 0 amide bonds. The lowest BCUT2D eigenvalue weighted by atomic mass is 10.1. The molecule has 0 aliphatic carbocycles. The molecule has 2 aliphatic heterocycles. The SMILES string of the molecule is CN1CCN(Cc2ccc3c(c2)CCN3C)C(CN)C1. The summed E-state index contributed by atoms with van der Waals surface area (Å²) in [6.07, 6.45) is 1.18. The standard InChI is InChI=1S/C16H26N4/c1-18-7-8-20(15(10-17)12-18)11-13-3-4-16-14(9-13)5-6-19(16)2/h3-4,9,15H,5-8,10-12,17H2,1-2H3. The van der Waals surface area contributed by atoms with Gasteiger partial charge < -0.3 is 15.5 Å². The van der Waals surface area contributed by atoms with Crippen LogP contribution in [0.5, 0.6) is 0 Å². The molecule has 0 radical (unpaired) electrons. The van der Waals surface area contributed by atoms with Crippen molar-refractivity contribution in [2.75, 3.05) is 51.7 Å². The summed E-state index contributed by atoms with van der Waals surface area (Å²) >= 11 is 0. The van der Waals surface area contributed by atoms with Crippen LogP contribution >= 0.6 is 0 Å². The maximum atomic E-state index is 5.94. The molecule has 4 nitrogen and oxygen atoms in total. The Morgan fingerprint density at radius 3 is 2.85 bits per heavy atom. The van der Waals surface area contributed by atoms with Crippen LogP contribution in [0.2, 0.25) is 0 Å². The van der Waals surface area contributed by atoms with Crippen molar-refractivity contribution >= 4 is 5.69 Å². The number of hydrogen-bond donors (Lipinski definition) is 1. The average molecular weight is 274 g/mol. The number of likely N-dealkylation sites (N-methyl/N-ethyl adjacent to an activating group) is 2. The normalized spacial score (nSPS) is 24.1. The zero-order valence-electron chi connectivity index (χ0n) is 12.7. The second-order valence-corrected chi connectivity index (χ2v) is 6.26. The number of anilines is 1. The van der Waals surface area contributed by atoms with Gasteiger partial charge in [-0.05, 0) is 30.7 Å². The average Bonchev–Trinajstić information content (AvgIpc) is 2.82. The molecule has 1 fully saturated rings. The van der Waals surface area contributed by atoms with E-state index in [1.54, 1.807) is 0 Å². The predicted octanol–water partition coefficient (Wildman–Crippen LogP) is 0.754. The Morgan fingerprint density at radius 2 is 2.05 bits per heavy atom. The number of piperazine rings is 1. The highest BCUT2D eigenvalue weighted by molar-refractivity contribution is 5.58. The van der Waals surface area contributed by atoms with Crippen LogP contribution in [-0.2, 0) is 13.0 Å². The van der Waals surface area contributed by atoms with Crippen LogP contribution in [0.15, 0.2) is 18.2 Å². The largest absolute Gasteiger partial charge is 0.374 e. The van der Waals surface area contributed by atoms with Gasteiger partial charge in [-0.3, -0.25) is 4.90 Å². The quantitative estimate of drug-likeness (QED) is 0.882. The first kappa shape index (κ1) is 13.9. The van der Waals surface area contributed by atoms with Gasteiger partial charge in [0, 0.05) is 58.0 Å². The van der Waals surface area contributed by atoms with Crippen LogP contribution in [0.3, 0.4) is 0 Å². The summed E-state index contributed by atoms with van der Waals surface area (Å²) in [7, 11) is 4.36. The van der Waals surface area contributed by atoms with E-state index < -0.39 is 0 Å². The van der Waals surface area contributed by atoms with Crippen molar-refractivity contribution < 1.29 is 0 Å². The molecule has 1 atom stereocenters. The minimum absolute atomic E-state index is 0.490. The molecule has 0 bridgehead atoms. The second kappa shape index (κ2) is 5.72. The molecule has 0 aromatic heterocycles. The van der Waals surface area contributed by atoms with Crippen LogP contribution in [0, 0.1) is 0 Å². The number of hydrogen-bond acceptors (Lipinski definition) is 4. The molecule has 1 saturated heterocycles. The van der Waals surface area contributed by atoms with Gasteiger partial charge in [0.1, 0.15) is 0 Å². The summed E-state index contributed by atoms with van der Waals surface area (Å²) in [4.78, 5) is 7.27. The monoisotopic (exact) mass is 274 g/mol. The van der Waals surface area contributed by atoms with E-state index in [0.29, 0.717) is 6.04 Å². The highest BCUT2D eigenvalue weighted by Crippen LogP contribution is 2.28. The molecule has 0 saturated carbocycles. The van der Waals surface area contributed by atoms with Gasteiger partial charge in [-0.1, -0.05) is 12.1 Å². The number of fused-ring (bicyclic) bond motifs is 1. The third-order valence-electron chi connectivity index (χ3n) is 4.74. The maximum absolute atomic E-state index is 5.94. The van der Waals surface area contributed by atoms with Gasteiger partial charge in [0.25, 0.3) is 0 Å². The van der Waals surface area contributed by atoms with E-state index in [1.807, 2.05) is 0 Å². The molecule has 1 aromatic rings. The van der Waals surface area contributed by atoms with Gasteiger partial charge in [-0.25, -0.2) is 0 Å². The van der Waals surface area contributed by atoms with Gasteiger partial charge in [0.2, 0.25) is 0 Å². The van der Waals surface area contributed by atoms with Gasteiger partial charge in [0.15, 0.2) is 0 Å². The van der Waals surface area contributed by atoms with E-state index in [-0.39, 0.29) is 0 Å². The van der Waals surface area contributed by atoms with Crippen molar-refractivity contribution in [2.24, 2.45) is 5.73 Å². The molecule has 1 unspecified atom stereocenters. The Kier molecular flexibility index (Phi) is 3.96. The van der Waals surface area contributed by atoms with E-state index in [2.05, 4.69) is 47.0 Å². The van der Waals surface area contributed by atoms with Crippen molar-refractivity contribution in [1.82, 2.24) is 9.80 Å². The molecule has 4 heteroatoms. The summed E-state index contributed by atoms with van der Waals surface area (Å²) in [5.41, 5.74) is 10.3. The fourth-order valence-corrected chi connectivity index (χ4v) is 3.43. The van der Waals surface area contributed by atoms with E-state index in [9.17, 15) is 0 Å². The molecule has 2 heterocycles.